The van der Waals surface area contributed by atoms with E-state index in [0.29, 0.717) is 16.6 Å². The number of imidazole rings is 1. The molecule has 2 aromatic carbocycles. The molecule has 0 bridgehead atoms. The molecule has 26 heavy (non-hydrogen) atoms. The number of hydrogen-bond donors (Lipinski definition) is 1. The number of rotatable bonds is 6. The lowest BCUT2D eigenvalue weighted by molar-refractivity contribution is 0.413. The highest BCUT2D eigenvalue weighted by Crippen LogP contribution is 2.26. The highest BCUT2D eigenvalue weighted by Gasteiger charge is 2.26. The fraction of sp³-hybridized carbons (Fsp3) is 0.167. The Balaban J connectivity index is 2.04. The molecular weight excluding hydrogens is 374 g/mol. The van der Waals surface area contributed by atoms with Crippen LogP contribution in [0.3, 0.4) is 0 Å². The predicted molar refractivity (Wildman–Crippen MR) is 99.8 cm³/mol. The smallest absolute Gasteiger partial charge is 0.241 e. The molecule has 1 unspecified atom stereocenters. The van der Waals surface area contributed by atoms with Crippen molar-refractivity contribution < 1.29 is 13.2 Å². The maximum Gasteiger partial charge on any atom is 0.241 e. The number of methoxy groups -OCH3 is 1. The van der Waals surface area contributed by atoms with Gasteiger partial charge in [0.05, 0.1) is 12.0 Å². The van der Waals surface area contributed by atoms with E-state index in [1.165, 1.54) is 24.3 Å². The van der Waals surface area contributed by atoms with Gasteiger partial charge >= 0.3 is 0 Å². The second-order valence-corrected chi connectivity index (χ2v) is 7.83. The maximum absolute atomic E-state index is 12.9. The molecule has 136 valence electrons. The molecule has 0 fully saturated rings. The van der Waals surface area contributed by atoms with Gasteiger partial charge in [-0.2, -0.15) is 4.72 Å². The van der Waals surface area contributed by atoms with Crippen LogP contribution in [0.25, 0.3) is 0 Å². The van der Waals surface area contributed by atoms with Crippen molar-refractivity contribution in [3.8, 4) is 5.75 Å². The van der Waals surface area contributed by atoms with Crippen LogP contribution in [-0.4, -0.2) is 25.1 Å². The van der Waals surface area contributed by atoms with Crippen LogP contribution in [0.15, 0.2) is 65.8 Å². The maximum atomic E-state index is 12.9. The minimum Gasteiger partial charge on any atom is -0.497 e. The fourth-order valence-corrected chi connectivity index (χ4v) is 3.89. The Kier molecular flexibility index (Phi) is 5.31. The van der Waals surface area contributed by atoms with Crippen LogP contribution in [0.1, 0.15) is 17.4 Å². The summed E-state index contributed by atoms with van der Waals surface area (Å²) in [7, 11) is -0.416. The van der Waals surface area contributed by atoms with Crippen molar-refractivity contribution in [1.29, 1.82) is 0 Å². The molecule has 0 saturated heterocycles. The van der Waals surface area contributed by atoms with Crippen LogP contribution in [0.5, 0.6) is 5.75 Å². The van der Waals surface area contributed by atoms with E-state index in [4.69, 9.17) is 16.3 Å². The van der Waals surface area contributed by atoms with E-state index in [2.05, 4.69) is 9.71 Å². The SMILES string of the molecule is COc1cccc(C(NS(=O)(=O)c2ccc(Cl)cc2)c2nccn2C)c1. The minimum atomic E-state index is -3.79. The van der Waals surface area contributed by atoms with Gasteiger partial charge in [-0.25, -0.2) is 13.4 Å². The van der Waals surface area contributed by atoms with Crippen LogP contribution in [-0.2, 0) is 17.1 Å². The van der Waals surface area contributed by atoms with Crippen LogP contribution < -0.4 is 9.46 Å². The van der Waals surface area contributed by atoms with Crippen LogP contribution in [0.4, 0.5) is 0 Å². The number of aryl methyl sites for hydroxylation is 1. The molecule has 1 atom stereocenters. The molecule has 0 spiro atoms. The summed E-state index contributed by atoms with van der Waals surface area (Å²) in [6, 6.07) is 12.5. The summed E-state index contributed by atoms with van der Waals surface area (Å²) in [6.45, 7) is 0. The van der Waals surface area contributed by atoms with Crippen molar-refractivity contribution in [3.63, 3.8) is 0 Å². The van der Waals surface area contributed by atoms with Gasteiger partial charge in [0, 0.05) is 24.5 Å². The molecule has 8 heteroatoms. The van der Waals surface area contributed by atoms with E-state index in [1.807, 2.05) is 13.1 Å². The van der Waals surface area contributed by atoms with Gasteiger partial charge in [-0.05, 0) is 42.0 Å². The summed E-state index contributed by atoms with van der Waals surface area (Å²) in [4.78, 5) is 4.44. The number of nitrogens with one attached hydrogen (secondary N) is 1. The number of ether oxygens (including phenoxy) is 1. The summed E-state index contributed by atoms with van der Waals surface area (Å²) < 4.78 is 35.5. The number of benzene rings is 2. The molecule has 1 aromatic heterocycles. The molecule has 6 nitrogen and oxygen atoms in total. The lowest BCUT2D eigenvalue weighted by Gasteiger charge is -2.20. The van der Waals surface area contributed by atoms with E-state index in [1.54, 1.807) is 42.3 Å². The second kappa shape index (κ2) is 7.49. The topological polar surface area (TPSA) is 73.2 Å². The molecule has 0 saturated carbocycles. The lowest BCUT2D eigenvalue weighted by atomic mass is 10.1. The van der Waals surface area contributed by atoms with E-state index in [0.717, 1.165) is 5.56 Å². The molecule has 0 aliphatic carbocycles. The normalized spacial score (nSPS) is 12.7. The van der Waals surface area contributed by atoms with E-state index >= 15 is 0 Å². The van der Waals surface area contributed by atoms with Gasteiger partial charge in [0.2, 0.25) is 10.0 Å². The molecule has 0 aliphatic heterocycles. The summed E-state index contributed by atoms with van der Waals surface area (Å²) in [5.74, 6) is 1.20. The van der Waals surface area contributed by atoms with E-state index in [9.17, 15) is 8.42 Å². The summed E-state index contributed by atoms with van der Waals surface area (Å²) in [5, 5.41) is 0.470. The van der Waals surface area contributed by atoms with Gasteiger partial charge < -0.3 is 9.30 Å². The number of aromatic nitrogens is 2. The summed E-state index contributed by atoms with van der Waals surface area (Å²) >= 11 is 5.86. The zero-order valence-corrected chi connectivity index (χ0v) is 15.8. The molecule has 1 N–H and O–H groups in total. The molecule has 3 rings (SSSR count). The first-order valence-corrected chi connectivity index (χ1v) is 9.66. The van der Waals surface area contributed by atoms with Gasteiger partial charge in [-0.1, -0.05) is 23.7 Å². The van der Waals surface area contributed by atoms with E-state index in [-0.39, 0.29) is 4.90 Å². The van der Waals surface area contributed by atoms with Crippen molar-refractivity contribution in [2.45, 2.75) is 10.9 Å². The summed E-state index contributed by atoms with van der Waals surface area (Å²) in [6.07, 6.45) is 3.39. The summed E-state index contributed by atoms with van der Waals surface area (Å²) in [5.41, 5.74) is 0.719. The van der Waals surface area contributed by atoms with E-state index < -0.39 is 16.1 Å². The third-order valence-corrected chi connectivity index (χ3v) is 5.63. The number of hydrogen-bond acceptors (Lipinski definition) is 4. The van der Waals surface area contributed by atoms with Crippen LogP contribution in [0, 0.1) is 0 Å². The van der Waals surface area contributed by atoms with Gasteiger partial charge in [-0.15, -0.1) is 0 Å². The quantitative estimate of drug-likeness (QED) is 0.700. The Morgan fingerprint density at radius 2 is 1.92 bits per heavy atom. The van der Waals surface area contributed by atoms with Crippen molar-refractivity contribution >= 4 is 21.6 Å². The van der Waals surface area contributed by atoms with Gasteiger partial charge in [-0.3, -0.25) is 0 Å². The van der Waals surface area contributed by atoms with Crippen LogP contribution in [0.2, 0.25) is 5.02 Å². The Morgan fingerprint density at radius 1 is 1.19 bits per heavy atom. The second-order valence-electron chi connectivity index (χ2n) is 5.68. The zero-order chi connectivity index (χ0) is 18.7. The first kappa shape index (κ1) is 18.4. The third kappa shape index (κ3) is 3.90. The largest absolute Gasteiger partial charge is 0.497 e. The van der Waals surface area contributed by atoms with Gasteiger partial charge in [0.15, 0.2) is 0 Å². The molecule has 3 aromatic rings. The zero-order valence-electron chi connectivity index (χ0n) is 14.3. The fourth-order valence-electron chi connectivity index (χ4n) is 2.58. The predicted octanol–water partition coefficient (Wildman–Crippen LogP) is 3.15. The lowest BCUT2D eigenvalue weighted by Crippen LogP contribution is -2.31. The monoisotopic (exact) mass is 391 g/mol. The molecule has 1 heterocycles. The Bertz CT molecular complexity index is 1000. The van der Waals surface area contributed by atoms with Crippen molar-refractivity contribution in [3.05, 3.63) is 77.3 Å². The highest BCUT2D eigenvalue weighted by atomic mass is 35.5. The van der Waals surface area contributed by atoms with Crippen LogP contribution >= 0.6 is 11.6 Å². The third-order valence-electron chi connectivity index (χ3n) is 3.94. The molecular formula is C18H18ClN3O3S. The Morgan fingerprint density at radius 3 is 2.54 bits per heavy atom. The minimum absolute atomic E-state index is 0.129. The van der Waals surface area contributed by atoms with Gasteiger partial charge in [0.25, 0.3) is 0 Å². The van der Waals surface area contributed by atoms with Crippen molar-refractivity contribution in [2.24, 2.45) is 7.05 Å². The number of halogens is 1. The first-order valence-electron chi connectivity index (χ1n) is 7.80. The molecule has 0 amide bonds. The average Bonchev–Trinajstić information content (AvgIpc) is 3.06. The number of sulfonamides is 1. The number of nitrogens with zero attached hydrogens (tertiary/aromatic N) is 2. The molecule has 0 radical (unpaired) electrons. The molecule has 0 aliphatic rings. The van der Waals surface area contributed by atoms with Crippen molar-refractivity contribution in [2.75, 3.05) is 7.11 Å². The Labute approximate surface area is 157 Å². The first-order chi connectivity index (χ1) is 12.4. The van der Waals surface area contributed by atoms with Crippen molar-refractivity contribution in [1.82, 2.24) is 14.3 Å². The Hall–Kier alpha value is -2.35. The van der Waals surface area contributed by atoms with Gasteiger partial charge in [0.1, 0.15) is 17.6 Å². The highest BCUT2D eigenvalue weighted by molar-refractivity contribution is 7.89. The standard InChI is InChI=1S/C18H18ClN3O3S/c1-22-11-10-20-18(22)17(13-4-3-5-15(12-13)25-2)21-26(23,24)16-8-6-14(19)7-9-16/h3-12,17,21H,1-2H3. The average molecular weight is 392 g/mol.